The Hall–Kier alpha value is -3.17. The third-order valence-electron chi connectivity index (χ3n) is 6.41. The Morgan fingerprint density at radius 1 is 0.800 bits per heavy atom. The molecule has 0 saturated heterocycles. The van der Waals surface area contributed by atoms with Crippen molar-refractivity contribution in [3.63, 3.8) is 0 Å². The van der Waals surface area contributed by atoms with E-state index in [1.54, 1.807) is 0 Å². The lowest BCUT2D eigenvalue weighted by atomic mass is 9.76. The number of hydrogen-bond donors (Lipinski definition) is 1. The first-order chi connectivity index (χ1) is 14.9. The van der Waals surface area contributed by atoms with Crippen LogP contribution in [0.1, 0.15) is 46.8 Å². The van der Waals surface area contributed by atoms with Crippen molar-refractivity contribution in [3.05, 3.63) is 125 Å². The highest BCUT2D eigenvalue weighted by molar-refractivity contribution is 5.51. The minimum Gasteiger partial charge on any atom is -0.396 e. The minimum atomic E-state index is -0.526. The molecule has 3 nitrogen and oxygen atoms in total. The number of nitrogens with zero attached hydrogens (tertiary/aromatic N) is 2. The summed E-state index contributed by atoms with van der Waals surface area (Å²) in [5.41, 5.74) is 5.37. The van der Waals surface area contributed by atoms with Crippen molar-refractivity contribution in [1.82, 2.24) is 9.55 Å². The molecule has 0 spiro atoms. The summed E-state index contributed by atoms with van der Waals surface area (Å²) in [6.07, 6.45) is 5.03. The lowest BCUT2D eigenvalue weighted by molar-refractivity contribution is 0.249. The van der Waals surface area contributed by atoms with Crippen LogP contribution in [0.2, 0.25) is 0 Å². The van der Waals surface area contributed by atoms with E-state index in [1.807, 2.05) is 6.33 Å². The molecule has 1 unspecified atom stereocenters. The van der Waals surface area contributed by atoms with Crippen LogP contribution in [0, 0.1) is 0 Å². The van der Waals surface area contributed by atoms with Crippen LogP contribution in [0.25, 0.3) is 0 Å². The number of aliphatic hydroxyl groups is 1. The van der Waals surface area contributed by atoms with Gasteiger partial charge in [-0.25, -0.2) is 4.98 Å². The molecule has 0 radical (unpaired) electrons. The van der Waals surface area contributed by atoms with Crippen molar-refractivity contribution in [2.75, 3.05) is 6.61 Å². The molecule has 4 aromatic rings. The van der Waals surface area contributed by atoms with E-state index in [1.165, 1.54) is 22.4 Å². The van der Waals surface area contributed by atoms with Gasteiger partial charge in [-0.3, -0.25) is 0 Å². The molecule has 1 aliphatic carbocycles. The molecule has 0 amide bonds. The summed E-state index contributed by atoms with van der Waals surface area (Å²) < 4.78 is 2.37. The fourth-order valence-corrected chi connectivity index (χ4v) is 5.05. The number of benzene rings is 3. The number of aromatic nitrogens is 2. The Morgan fingerprint density at radius 3 is 1.77 bits per heavy atom. The van der Waals surface area contributed by atoms with Gasteiger partial charge < -0.3 is 9.67 Å². The zero-order valence-electron chi connectivity index (χ0n) is 17.0. The maximum Gasteiger partial charge on any atom is 0.121 e. The largest absolute Gasteiger partial charge is 0.396 e. The van der Waals surface area contributed by atoms with Crippen molar-refractivity contribution in [3.8, 4) is 0 Å². The molecule has 3 aromatic carbocycles. The Labute approximate surface area is 177 Å². The van der Waals surface area contributed by atoms with E-state index >= 15 is 0 Å². The summed E-state index contributed by atoms with van der Waals surface area (Å²) in [5, 5.41) is 9.95. The van der Waals surface area contributed by atoms with E-state index in [4.69, 9.17) is 4.98 Å². The minimum absolute atomic E-state index is 0.120. The van der Waals surface area contributed by atoms with E-state index in [0.29, 0.717) is 0 Å². The van der Waals surface area contributed by atoms with Crippen LogP contribution in [-0.2, 0) is 12.0 Å². The van der Waals surface area contributed by atoms with Gasteiger partial charge in [0.05, 0.1) is 18.6 Å². The predicted octanol–water partition coefficient (Wildman–Crippen LogP) is 5.14. The van der Waals surface area contributed by atoms with Crippen molar-refractivity contribution < 1.29 is 5.11 Å². The molecule has 0 aliphatic heterocycles. The number of fused-ring (bicyclic) bond motifs is 1. The first kappa shape index (κ1) is 18.8. The summed E-state index contributed by atoms with van der Waals surface area (Å²) >= 11 is 0. The molecule has 30 heavy (non-hydrogen) atoms. The van der Waals surface area contributed by atoms with Crippen LogP contribution in [0.15, 0.2) is 97.3 Å². The van der Waals surface area contributed by atoms with Crippen LogP contribution in [0.5, 0.6) is 0 Å². The Balaban J connectivity index is 1.88. The Bertz CT molecular complexity index is 1010. The zero-order chi connectivity index (χ0) is 20.4. The highest BCUT2D eigenvalue weighted by Crippen LogP contribution is 2.44. The van der Waals surface area contributed by atoms with E-state index in [2.05, 4.69) is 95.6 Å². The number of rotatable bonds is 5. The van der Waals surface area contributed by atoms with Gasteiger partial charge in [0.1, 0.15) is 5.54 Å². The zero-order valence-corrected chi connectivity index (χ0v) is 17.0. The second-order valence-electron chi connectivity index (χ2n) is 8.03. The Morgan fingerprint density at radius 2 is 1.30 bits per heavy atom. The summed E-state index contributed by atoms with van der Waals surface area (Å²) in [6, 6.07) is 32.1. The number of imidazole rings is 1. The van der Waals surface area contributed by atoms with Crippen molar-refractivity contribution in [1.29, 1.82) is 0 Å². The summed E-state index contributed by atoms with van der Waals surface area (Å²) in [5.74, 6) is 0.120. The molecule has 0 bridgehead atoms. The van der Waals surface area contributed by atoms with E-state index in [0.717, 1.165) is 25.0 Å². The average molecular weight is 395 g/mol. The normalized spacial score (nSPS) is 16.2. The maximum absolute atomic E-state index is 9.95. The SMILES string of the molecule is OCC1CCCc2c1ncn2C(c1ccccc1)(c1ccccc1)c1ccccc1. The van der Waals surface area contributed by atoms with Crippen LogP contribution >= 0.6 is 0 Å². The molecule has 0 fully saturated rings. The molecule has 1 heterocycles. The van der Waals surface area contributed by atoms with Crippen LogP contribution in [0.4, 0.5) is 0 Å². The van der Waals surface area contributed by atoms with E-state index in [-0.39, 0.29) is 12.5 Å². The van der Waals surface area contributed by atoms with Crippen LogP contribution in [0.3, 0.4) is 0 Å². The van der Waals surface area contributed by atoms with Crippen LogP contribution in [-0.4, -0.2) is 21.3 Å². The maximum atomic E-state index is 9.95. The molecule has 1 atom stereocenters. The summed E-state index contributed by atoms with van der Waals surface area (Å²) in [7, 11) is 0. The highest BCUT2D eigenvalue weighted by atomic mass is 16.3. The number of aliphatic hydroxyl groups excluding tert-OH is 1. The van der Waals surface area contributed by atoms with Crippen molar-refractivity contribution >= 4 is 0 Å². The predicted molar refractivity (Wildman–Crippen MR) is 120 cm³/mol. The number of hydrogen-bond acceptors (Lipinski definition) is 2. The summed E-state index contributed by atoms with van der Waals surface area (Å²) in [6.45, 7) is 0.152. The topological polar surface area (TPSA) is 38.1 Å². The molecule has 3 heteroatoms. The van der Waals surface area contributed by atoms with Gasteiger partial charge in [0.15, 0.2) is 0 Å². The molecule has 5 rings (SSSR count). The smallest absolute Gasteiger partial charge is 0.121 e. The lowest BCUT2D eigenvalue weighted by Crippen LogP contribution is -2.39. The van der Waals surface area contributed by atoms with Gasteiger partial charge in [0, 0.05) is 11.6 Å². The van der Waals surface area contributed by atoms with Crippen LogP contribution < -0.4 is 0 Å². The molecule has 0 saturated carbocycles. The van der Waals surface area contributed by atoms with Gasteiger partial charge in [0.2, 0.25) is 0 Å². The average Bonchev–Trinajstić information content (AvgIpc) is 3.26. The molecule has 150 valence electrons. The fourth-order valence-electron chi connectivity index (χ4n) is 5.05. The first-order valence-electron chi connectivity index (χ1n) is 10.7. The molecular weight excluding hydrogens is 368 g/mol. The second kappa shape index (κ2) is 7.92. The van der Waals surface area contributed by atoms with Gasteiger partial charge in [-0.05, 0) is 36.0 Å². The fraction of sp³-hybridized carbons (Fsp3) is 0.222. The first-order valence-corrected chi connectivity index (χ1v) is 10.7. The van der Waals surface area contributed by atoms with E-state index < -0.39 is 5.54 Å². The van der Waals surface area contributed by atoms with Crippen molar-refractivity contribution in [2.45, 2.75) is 30.7 Å². The molecule has 1 aromatic heterocycles. The standard InChI is InChI=1S/C27H26N2O/c30-19-21-11-10-18-25-26(21)28-20-29(25)27(22-12-4-1-5-13-22,23-14-6-2-7-15-23)24-16-8-3-9-17-24/h1-9,12-17,20-21,30H,10-11,18-19H2. The second-order valence-corrected chi connectivity index (χ2v) is 8.03. The third-order valence-corrected chi connectivity index (χ3v) is 6.41. The van der Waals surface area contributed by atoms with Gasteiger partial charge in [-0.1, -0.05) is 91.0 Å². The lowest BCUT2D eigenvalue weighted by Gasteiger charge is -2.39. The van der Waals surface area contributed by atoms with Gasteiger partial charge in [0.25, 0.3) is 0 Å². The highest BCUT2D eigenvalue weighted by Gasteiger charge is 2.41. The molecule has 1 aliphatic rings. The van der Waals surface area contributed by atoms with Crippen molar-refractivity contribution in [2.24, 2.45) is 0 Å². The summed E-state index contributed by atoms with van der Waals surface area (Å²) in [4.78, 5) is 4.85. The van der Waals surface area contributed by atoms with E-state index in [9.17, 15) is 5.11 Å². The molecular formula is C27H26N2O. The molecule has 1 N–H and O–H groups in total. The van der Waals surface area contributed by atoms with Gasteiger partial charge >= 0.3 is 0 Å². The monoisotopic (exact) mass is 394 g/mol. The third kappa shape index (κ3) is 2.89. The quantitative estimate of drug-likeness (QED) is 0.476. The van der Waals surface area contributed by atoms with Gasteiger partial charge in [-0.2, -0.15) is 0 Å². The Kier molecular flexibility index (Phi) is 4.97. The van der Waals surface area contributed by atoms with Gasteiger partial charge in [-0.15, -0.1) is 0 Å².